The Morgan fingerprint density at radius 3 is 2.24 bits per heavy atom. The molecule has 0 aromatic heterocycles. The standard InChI is InChI=1S/C36H34ClFN2O6/c1-36(2,3)46-35(43)40-20-18-25-11-14-27(44-28-15-16-31(38)30(37)22-28)21-29(25)33(40)34(42)39-19-17-32(41)45-26-12-9-24(10-13-26)23-7-5-4-6-8-23/h4-16,21-22,33H,17-20H2,1-3H3,(H,39,42)/t33-/m0/s1. The second-order valence-electron chi connectivity index (χ2n) is 11.8. The first kappa shape index (κ1) is 32.5. The Hall–Kier alpha value is -4.89. The molecule has 0 fully saturated rings. The highest BCUT2D eigenvalue weighted by atomic mass is 35.5. The van der Waals surface area contributed by atoms with Crippen molar-refractivity contribution in [1.29, 1.82) is 0 Å². The zero-order chi connectivity index (χ0) is 32.8. The zero-order valence-electron chi connectivity index (χ0n) is 25.7. The van der Waals surface area contributed by atoms with Gasteiger partial charge in [-0.15, -0.1) is 0 Å². The van der Waals surface area contributed by atoms with Gasteiger partial charge in [0.25, 0.3) is 0 Å². The molecule has 0 aliphatic carbocycles. The Morgan fingerprint density at radius 1 is 0.891 bits per heavy atom. The summed E-state index contributed by atoms with van der Waals surface area (Å²) >= 11 is 5.91. The van der Waals surface area contributed by atoms with Gasteiger partial charge in [-0.1, -0.05) is 60.1 Å². The number of nitrogens with zero attached hydrogens (tertiary/aromatic N) is 1. The number of rotatable bonds is 8. The molecule has 0 spiro atoms. The van der Waals surface area contributed by atoms with E-state index in [1.165, 1.54) is 23.1 Å². The minimum absolute atomic E-state index is 0.0158. The van der Waals surface area contributed by atoms with Crippen molar-refractivity contribution in [1.82, 2.24) is 10.2 Å². The van der Waals surface area contributed by atoms with Crippen LogP contribution in [0.3, 0.4) is 0 Å². The van der Waals surface area contributed by atoms with Crippen molar-refractivity contribution in [2.75, 3.05) is 13.1 Å². The van der Waals surface area contributed by atoms with E-state index in [1.54, 1.807) is 45.0 Å². The number of halogens is 2. The molecule has 2 amide bonds. The Bertz CT molecular complexity index is 1720. The number of carbonyl (C=O) groups is 3. The van der Waals surface area contributed by atoms with Gasteiger partial charge in [0.2, 0.25) is 5.91 Å². The van der Waals surface area contributed by atoms with Crippen LogP contribution < -0.4 is 14.8 Å². The molecule has 0 saturated heterocycles. The van der Waals surface area contributed by atoms with E-state index in [4.69, 9.17) is 25.8 Å². The van der Waals surface area contributed by atoms with E-state index in [0.29, 0.717) is 29.2 Å². The fourth-order valence-corrected chi connectivity index (χ4v) is 5.22. The molecule has 0 bridgehead atoms. The molecule has 0 radical (unpaired) electrons. The zero-order valence-corrected chi connectivity index (χ0v) is 26.5. The Kier molecular flexibility index (Phi) is 9.92. The second-order valence-corrected chi connectivity index (χ2v) is 12.2. The normalized spacial score (nSPS) is 14.2. The molecule has 10 heteroatoms. The summed E-state index contributed by atoms with van der Waals surface area (Å²) in [5, 5.41) is 2.69. The van der Waals surface area contributed by atoms with Gasteiger partial charge in [-0.3, -0.25) is 14.5 Å². The summed E-state index contributed by atoms with van der Waals surface area (Å²) < 4.78 is 30.7. The van der Waals surface area contributed by atoms with Crippen molar-refractivity contribution in [2.24, 2.45) is 0 Å². The minimum atomic E-state index is -1.06. The summed E-state index contributed by atoms with van der Waals surface area (Å²) in [5.74, 6) is -0.520. The molecule has 1 atom stereocenters. The van der Waals surface area contributed by atoms with Crippen LogP contribution in [-0.4, -0.2) is 41.6 Å². The van der Waals surface area contributed by atoms with Crippen molar-refractivity contribution < 1.29 is 33.0 Å². The maximum atomic E-state index is 13.7. The molecule has 4 aromatic carbocycles. The van der Waals surface area contributed by atoms with Crippen LogP contribution in [0.25, 0.3) is 11.1 Å². The summed E-state index contributed by atoms with van der Waals surface area (Å²) in [4.78, 5) is 40.9. The van der Waals surface area contributed by atoms with Gasteiger partial charge in [-0.25, -0.2) is 9.18 Å². The molecular formula is C36H34ClFN2O6. The lowest BCUT2D eigenvalue weighted by Gasteiger charge is -2.37. The molecule has 0 unspecified atom stereocenters. The molecule has 46 heavy (non-hydrogen) atoms. The van der Waals surface area contributed by atoms with E-state index in [0.717, 1.165) is 16.7 Å². The topological polar surface area (TPSA) is 94.2 Å². The second kappa shape index (κ2) is 14.0. The summed E-state index contributed by atoms with van der Waals surface area (Å²) in [6, 6.07) is 25.2. The third-order valence-corrected chi connectivity index (χ3v) is 7.46. The first-order chi connectivity index (χ1) is 22.0. The molecule has 5 rings (SSSR count). The van der Waals surface area contributed by atoms with Crippen LogP contribution in [0.4, 0.5) is 9.18 Å². The lowest BCUT2D eigenvalue weighted by molar-refractivity contribution is -0.134. The number of hydrogen-bond acceptors (Lipinski definition) is 6. The Balaban J connectivity index is 1.28. The maximum absolute atomic E-state index is 13.7. The predicted octanol–water partition coefficient (Wildman–Crippen LogP) is 7.88. The number of fused-ring (bicyclic) bond motifs is 1. The van der Waals surface area contributed by atoms with Crippen LogP contribution in [0.1, 0.15) is 44.4 Å². The summed E-state index contributed by atoms with van der Waals surface area (Å²) in [7, 11) is 0. The van der Waals surface area contributed by atoms with E-state index in [-0.39, 0.29) is 24.5 Å². The number of carbonyl (C=O) groups excluding carboxylic acids is 3. The largest absolute Gasteiger partial charge is 0.457 e. The third kappa shape index (κ3) is 8.22. The fraction of sp³-hybridized carbons (Fsp3) is 0.250. The molecule has 0 saturated carbocycles. The SMILES string of the molecule is CC(C)(C)OC(=O)N1CCc2ccc(Oc3ccc(F)c(Cl)c3)cc2[C@H]1C(=O)NCCC(=O)Oc1ccc(-c2ccccc2)cc1. The van der Waals surface area contributed by atoms with E-state index in [9.17, 15) is 18.8 Å². The van der Waals surface area contributed by atoms with Gasteiger partial charge in [0, 0.05) is 19.2 Å². The summed E-state index contributed by atoms with van der Waals surface area (Å²) in [6.07, 6.45) is -0.253. The van der Waals surface area contributed by atoms with Crippen LogP contribution in [0.5, 0.6) is 17.2 Å². The van der Waals surface area contributed by atoms with Gasteiger partial charge in [-0.2, -0.15) is 0 Å². The quantitative estimate of drug-likeness (QED) is 0.155. The van der Waals surface area contributed by atoms with Gasteiger partial charge in [0.05, 0.1) is 11.4 Å². The first-order valence-corrected chi connectivity index (χ1v) is 15.2. The molecule has 238 valence electrons. The molecule has 1 aliphatic rings. The summed E-state index contributed by atoms with van der Waals surface area (Å²) in [5.41, 5.74) is 2.65. The van der Waals surface area contributed by atoms with E-state index >= 15 is 0 Å². The highest BCUT2D eigenvalue weighted by Gasteiger charge is 2.38. The van der Waals surface area contributed by atoms with Crippen molar-refractivity contribution in [3.05, 3.63) is 113 Å². The van der Waals surface area contributed by atoms with Gasteiger partial charge in [0.1, 0.15) is 34.7 Å². The third-order valence-electron chi connectivity index (χ3n) is 7.17. The van der Waals surface area contributed by atoms with Crippen LogP contribution in [-0.2, 0) is 20.7 Å². The van der Waals surface area contributed by atoms with Crippen molar-refractivity contribution >= 4 is 29.6 Å². The number of amides is 2. The van der Waals surface area contributed by atoms with Crippen LogP contribution in [0, 0.1) is 5.82 Å². The van der Waals surface area contributed by atoms with Crippen LogP contribution in [0.15, 0.2) is 91.0 Å². The highest BCUT2D eigenvalue weighted by molar-refractivity contribution is 6.30. The van der Waals surface area contributed by atoms with E-state index in [2.05, 4.69) is 5.32 Å². The molecule has 8 nitrogen and oxygen atoms in total. The number of benzene rings is 4. The van der Waals surface area contributed by atoms with Crippen LogP contribution >= 0.6 is 11.6 Å². The maximum Gasteiger partial charge on any atom is 0.411 e. The van der Waals surface area contributed by atoms with Crippen molar-refractivity contribution in [3.8, 4) is 28.4 Å². The van der Waals surface area contributed by atoms with Gasteiger partial charge < -0.3 is 19.5 Å². The van der Waals surface area contributed by atoms with Gasteiger partial charge >= 0.3 is 12.1 Å². The van der Waals surface area contributed by atoms with Crippen molar-refractivity contribution in [3.63, 3.8) is 0 Å². The number of hydrogen-bond donors (Lipinski definition) is 1. The molecule has 1 heterocycles. The van der Waals surface area contributed by atoms with E-state index in [1.807, 2.05) is 48.5 Å². The predicted molar refractivity (Wildman–Crippen MR) is 172 cm³/mol. The molecular weight excluding hydrogens is 611 g/mol. The number of ether oxygens (including phenoxy) is 3. The lowest BCUT2D eigenvalue weighted by atomic mass is 9.92. The summed E-state index contributed by atoms with van der Waals surface area (Å²) in [6.45, 7) is 5.47. The average Bonchev–Trinajstić information content (AvgIpc) is 3.02. The number of nitrogens with one attached hydrogen (secondary N) is 1. The minimum Gasteiger partial charge on any atom is -0.457 e. The number of esters is 1. The van der Waals surface area contributed by atoms with Gasteiger partial charge in [-0.05, 0) is 85.8 Å². The smallest absolute Gasteiger partial charge is 0.411 e. The Morgan fingerprint density at radius 2 is 1.54 bits per heavy atom. The van der Waals surface area contributed by atoms with E-state index < -0.39 is 35.4 Å². The lowest BCUT2D eigenvalue weighted by Crippen LogP contribution is -2.49. The molecule has 1 aliphatic heterocycles. The highest BCUT2D eigenvalue weighted by Crippen LogP contribution is 2.36. The van der Waals surface area contributed by atoms with Gasteiger partial charge in [0.15, 0.2) is 0 Å². The Labute approximate surface area is 272 Å². The van der Waals surface area contributed by atoms with Crippen LogP contribution in [0.2, 0.25) is 5.02 Å². The molecule has 1 N–H and O–H groups in total. The van der Waals surface area contributed by atoms with Crippen molar-refractivity contribution in [2.45, 2.75) is 45.3 Å². The fourth-order valence-electron chi connectivity index (χ4n) is 5.05. The first-order valence-electron chi connectivity index (χ1n) is 14.9. The average molecular weight is 645 g/mol. The molecule has 4 aromatic rings. The monoisotopic (exact) mass is 644 g/mol.